The van der Waals surface area contributed by atoms with Crippen molar-refractivity contribution in [2.24, 2.45) is 0 Å². The van der Waals surface area contributed by atoms with Gasteiger partial charge in [0.15, 0.2) is 0 Å². The summed E-state index contributed by atoms with van der Waals surface area (Å²) in [6.07, 6.45) is 0. The molecule has 0 aromatic heterocycles. The third-order valence-electron chi connectivity index (χ3n) is 4.17. The number of nitrogens with zero attached hydrogens (tertiary/aromatic N) is 2. The predicted molar refractivity (Wildman–Crippen MR) is 92.5 cm³/mol. The second-order valence-corrected chi connectivity index (χ2v) is 8.31. The minimum absolute atomic E-state index is 0.198. The van der Waals surface area contributed by atoms with Gasteiger partial charge in [-0.15, -0.1) is 0 Å². The first-order valence-electron chi connectivity index (χ1n) is 7.64. The highest BCUT2D eigenvalue weighted by Gasteiger charge is 2.22. The summed E-state index contributed by atoms with van der Waals surface area (Å²) in [6.45, 7) is 9.87. The molecule has 0 saturated carbocycles. The van der Waals surface area contributed by atoms with Crippen LogP contribution in [0.1, 0.15) is 13.8 Å². The molecule has 5 nitrogen and oxygen atoms in total. The van der Waals surface area contributed by atoms with Gasteiger partial charge in [-0.2, -0.15) is 0 Å². The highest BCUT2D eigenvalue weighted by molar-refractivity contribution is 9.10. The lowest BCUT2D eigenvalue weighted by molar-refractivity contribution is 0.107. The summed E-state index contributed by atoms with van der Waals surface area (Å²) in [4.78, 5) is 5.06. The molecule has 1 saturated heterocycles. The summed E-state index contributed by atoms with van der Waals surface area (Å²) in [5, 5.41) is 0. The number of piperazine rings is 1. The van der Waals surface area contributed by atoms with Gasteiger partial charge in [-0.25, -0.2) is 13.1 Å². The average Bonchev–Trinajstić information content (AvgIpc) is 2.53. The second-order valence-electron chi connectivity index (χ2n) is 5.63. The molecule has 0 aliphatic carbocycles. The summed E-state index contributed by atoms with van der Waals surface area (Å²) in [6, 6.07) is 6.89. The molecule has 1 aromatic carbocycles. The zero-order chi connectivity index (χ0) is 16.2. The van der Waals surface area contributed by atoms with E-state index in [1.54, 1.807) is 24.3 Å². The maximum absolute atomic E-state index is 12.3. The van der Waals surface area contributed by atoms with Crippen LogP contribution in [-0.2, 0) is 10.0 Å². The molecule has 1 fully saturated rings. The fourth-order valence-electron chi connectivity index (χ4n) is 2.58. The van der Waals surface area contributed by atoms with Gasteiger partial charge in [0.1, 0.15) is 0 Å². The fraction of sp³-hybridized carbons (Fsp3) is 0.600. The summed E-state index contributed by atoms with van der Waals surface area (Å²) in [7, 11) is -3.43. The molecule has 1 N–H and O–H groups in total. The van der Waals surface area contributed by atoms with Crippen molar-refractivity contribution in [2.45, 2.75) is 24.8 Å². The van der Waals surface area contributed by atoms with Crippen molar-refractivity contribution in [1.29, 1.82) is 0 Å². The molecule has 124 valence electrons. The maximum atomic E-state index is 12.3. The second kappa shape index (κ2) is 7.88. The van der Waals surface area contributed by atoms with Gasteiger partial charge in [0.05, 0.1) is 4.90 Å². The van der Waals surface area contributed by atoms with Crippen LogP contribution in [0.25, 0.3) is 0 Å². The van der Waals surface area contributed by atoms with Gasteiger partial charge in [0, 0.05) is 43.2 Å². The van der Waals surface area contributed by atoms with Crippen molar-refractivity contribution >= 4 is 26.0 Å². The number of likely N-dealkylation sites (N-methyl/N-ethyl adjacent to an activating group) is 1. The van der Waals surface area contributed by atoms with Crippen LogP contribution in [-0.4, -0.2) is 63.5 Å². The molecule has 7 heteroatoms. The van der Waals surface area contributed by atoms with E-state index in [2.05, 4.69) is 44.3 Å². The van der Waals surface area contributed by atoms with E-state index in [1.807, 2.05) is 0 Å². The molecule has 0 radical (unpaired) electrons. The highest BCUT2D eigenvalue weighted by Crippen LogP contribution is 2.14. The highest BCUT2D eigenvalue weighted by atomic mass is 79.9. The van der Waals surface area contributed by atoms with Crippen LogP contribution >= 0.6 is 15.9 Å². The summed E-state index contributed by atoms with van der Waals surface area (Å²) in [5.74, 6) is 0. The number of benzene rings is 1. The molecule has 1 atom stereocenters. The Morgan fingerprint density at radius 1 is 1.18 bits per heavy atom. The molecule has 1 aliphatic heterocycles. The van der Waals surface area contributed by atoms with Crippen LogP contribution in [0.5, 0.6) is 0 Å². The first kappa shape index (κ1) is 17.9. The number of hydrogen-bond acceptors (Lipinski definition) is 4. The molecule has 0 amide bonds. The minimum atomic E-state index is -3.43. The van der Waals surface area contributed by atoms with Gasteiger partial charge in [0.25, 0.3) is 0 Å². The number of halogens is 1. The van der Waals surface area contributed by atoms with Gasteiger partial charge in [-0.1, -0.05) is 22.9 Å². The summed E-state index contributed by atoms with van der Waals surface area (Å²) < 4.78 is 28.1. The quantitative estimate of drug-likeness (QED) is 0.804. The van der Waals surface area contributed by atoms with Crippen molar-refractivity contribution in [2.75, 3.05) is 39.3 Å². The number of hydrogen-bond donors (Lipinski definition) is 1. The average molecular weight is 390 g/mol. The third-order valence-corrected chi connectivity index (χ3v) is 6.14. The van der Waals surface area contributed by atoms with E-state index in [-0.39, 0.29) is 6.04 Å². The van der Waals surface area contributed by atoms with Gasteiger partial charge >= 0.3 is 0 Å². The Labute approximate surface area is 141 Å². The Morgan fingerprint density at radius 2 is 1.77 bits per heavy atom. The Bertz CT molecular complexity index is 569. The normalized spacial score (nSPS) is 19.2. The molecule has 0 bridgehead atoms. The van der Waals surface area contributed by atoms with E-state index >= 15 is 0 Å². The molecule has 1 heterocycles. The lowest BCUT2D eigenvalue weighted by Gasteiger charge is -2.37. The van der Waals surface area contributed by atoms with E-state index in [0.29, 0.717) is 11.4 Å². The molecule has 22 heavy (non-hydrogen) atoms. The lowest BCUT2D eigenvalue weighted by Crippen LogP contribution is -2.52. The molecule has 1 aliphatic rings. The van der Waals surface area contributed by atoms with Crippen molar-refractivity contribution in [3.05, 3.63) is 28.7 Å². The van der Waals surface area contributed by atoms with Crippen LogP contribution in [0.3, 0.4) is 0 Å². The predicted octanol–water partition coefficient (Wildman–Crippen LogP) is 1.75. The van der Waals surface area contributed by atoms with Gasteiger partial charge < -0.3 is 4.90 Å². The molecular formula is C15H24BrN3O2S. The van der Waals surface area contributed by atoms with Crippen molar-refractivity contribution < 1.29 is 8.42 Å². The lowest BCUT2D eigenvalue weighted by atomic mass is 10.2. The Hall–Kier alpha value is -0.470. The number of rotatable bonds is 6. The molecular weight excluding hydrogens is 366 g/mol. The van der Waals surface area contributed by atoms with Crippen molar-refractivity contribution in [3.63, 3.8) is 0 Å². The van der Waals surface area contributed by atoms with Crippen LogP contribution in [0, 0.1) is 0 Å². The van der Waals surface area contributed by atoms with Crippen LogP contribution < -0.4 is 4.72 Å². The zero-order valence-corrected chi connectivity index (χ0v) is 15.5. The molecule has 1 aromatic rings. The Kier molecular flexibility index (Phi) is 6.40. The van der Waals surface area contributed by atoms with Gasteiger partial charge in [0.2, 0.25) is 10.0 Å². The Balaban J connectivity index is 1.87. The molecule has 2 rings (SSSR count). The topological polar surface area (TPSA) is 52.6 Å². The van der Waals surface area contributed by atoms with E-state index in [4.69, 9.17) is 0 Å². The van der Waals surface area contributed by atoms with E-state index in [1.165, 1.54) is 0 Å². The molecule has 0 spiro atoms. The first-order valence-corrected chi connectivity index (χ1v) is 9.91. The maximum Gasteiger partial charge on any atom is 0.240 e. The van der Waals surface area contributed by atoms with Crippen LogP contribution in [0.2, 0.25) is 0 Å². The Morgan fingerprint density at radius 3 is 2.32 bits per heavy atom. The van der Waals surface area contributed by atoms with Crippen molar-refractivity contribution in [1.82, 2.24) is 14.5 Å². The minimum Gasteiger partial charge on any atom is -0.301 e. The monoisotopic (exact) mass is 389 g/mol. The van der Waals surface area contributed by atoms with E-state index in [9.17, 15) is 8.42 Å². The first-order chi connectivity index (χ1) is 10.4. The van der Waals surface area contributed by atoms with E-state index in [0.717, 1.165) is 37.2 Å². The van der Waals surface area contributed by atoms with E-state index < -0.39 is 10.0 Å². The third kappa shape index (κ3) is 4.76. The van der Waals surface area contributed by atoms with Gasteiger partial charge in [-0.05, 0) is 37.7 Å². The van der Waals surface area contributed by atoms with Gasteiger partial charge in [-0.3, -0.25) is 4.90 Å². The number of nitrogens with one attached hydrogen (secondary N) is 1. The SMILES string of the molecule is CCN1CCN(C(C)CNS(=O)(=O)c2ccc(Br)cc2)CC1. The van der Waals surface area contributed by atoms with Crippen LogP contribution in [0.4, 0.5) is 0 Å². The standard InChI is InChI=1S/C15H24BrN3O2S/c1-3-18-8-10-19(11-9-18)13(2)12-17-22(20,21)15-6-4-14(16)5-7-15/h4-7,13,17H,3,8-12H2,1-2H3. The van der Waals surface area contributed by atoms with Crippen molar-refractivity contribution in [3.8, 4) is 0 Å². The molecule has 1 unspecified atom stereocenters. The number of sulfonamides is 1. The fourth-order valence-corrected chi connectivity index (χ4v) is 3.96. The zero-order valence-electron chi connectivity index (χ0n) is 13.1. The summed E-state index contributed by atoms with van der Waals surface area (Å²) in [5.41, 5.74) is 0. The smallest absolute Gasteiger partial charge is 0.240 e. The largest absolute Gasteiger partial charge is 0.301 e. The summed E-state index contributed by atoms with van der Waals surface area (Å²) >= 11 is 3.31. The van der Waals surface area contributed by atoms with Crippen LogP contribution in [0.15, 0.2) is 33.6 Å².